The molecule has 0 radical (unpaired) electrons. The van der Waals surface area contributed by atoms with Gasteiger partial charge in [-0.15, -0.1) is 0 Å². The molecule has 3 saturated heterocycles. The lowest BCUT2D eigenvalue weighted by molar-refractivity contribution is -0.141. The molecule has 4 aliphatic rings. The van der Waals surface area contributed by atoms with Crippen LogP contribution < -0.4 is 4.90 Å². The summed E-state index contributed by atoms with van der Waals surface area (Å²) in [5, 5.41) is 7.75. The predicted molar refractivity (Wildman–Crippen MR) is 112 cm³/mol. The summed E-state index contributed by atoms with van der Waals surface area (Å²) in [5.41, 5.74) is 0.681. The number of nitrogens with zero attached hydrogens (tertiary/aromatic N) is 4. The first-order valence-electron chi connectivity index (χ1n) is 11.5. The molecule has 0 bridgehead atoms. The minimum Gasteiger partial charge on any atom is -0.465 e. The van der Waals surface area contributed by atoms with Crippen molar-refractivity contribution in [2.75, 3.05) is 37.7 Å². The van der Waals surface area contributed by atoms with Crippen LogP contribution in [-0.2, 0) is 14.3 Å². The standard InChI is InChI=1S/C23H32N4O3/c1-16-17(2-3-19-20(16)15-30-21(19)28)5-10-26-11-6-23(7-12-26)8-13-27(22(23)29)18-4-9-24-25-14-18/h4,9,14,16-17,19-20H,2-3,5-8,10-13,15H2,1H3. The number of hydrogen-bond acceptors (Lipinski definition) is 6. The number of carbonyl (C=O) groups is 2. The maximum absolute atomic E-state index is 13.2. The van der Waals surface area contributed by atoms with Crippen LogP contribution in [0.15, 0.2) is 18.5 Å². The van der Waals surface area contributed by atoms with E-state index < -0.39 is 0 Å². The van der Waals surface area contributed by atoms with E-state index in [-0.39, 0.29) is 23.2 Å². The molecule has 4 unspecified atom stereocenters. The van der Waals surface area contributed by atoms with E-state index in [4.69, 9.17) is 4.74 Å². The Hall–Kier alpha value is -2.02. The lowest BCUT2D eigenvalue weighted by atomic mass is 9.67. The average molecular weight is 413 g/mol. The molecule has 0 aromatic carbocycles. The topological polar surface area (TPSA) is 75.6 Å². The summed E-state index contributed by atoms with van der Waals surface area (Å²) in [6, 6.07) is 1.87. The summed E-state index contributed by atoms with van der Waals surface area (Å²) >= 11 is 0. The maximum Gasteiger partial charge on any atom is 0.309 e. The number of anilines is 1. The van der Waals surface area contributed by atoms with Crippen LogP contribution in [0.3, 0.4) is 0 Å². The van der Waals surface area contributed by atoms with Gasteiger partial charge in [-0.25, -0.2) is 0 Å². The Kier molecular flexibility index (Phi) is 5.25. The van der Waals surface area contributed by atoms with E-state index in [9.17, 15) is 9.59 Å². The van der Waals surface area contributed by atoms with Gasteiger partial charge in [-0.3, -0.25) is 9.59 Å². The summed E-state index contributed by atoms with van der Waals surface area (Å²) < 4.78 is 5.32. The Morgan fingerprint density at radius 1 is 1.13 bits per heavy atom. The molecule has 1 amide bonds. The first kappa shape index (κ1) is 19.9. The number of amides is 1. The van der Waals surface area contributed by atoms with Gasteiger partial charge >= 0.3 is 5.97 Å². The number of piperidine rings is 1. The summed E-state index contributed by atoms with van der Waals surface area (Å²) in [4.78, 5) is 29.5. The van der Waals surface area contributed by atoms with Crippen LogP contribution in [-0.4, -0.2) is 59.8 Å². The fourth-order valence-corrected chi connectivity index (χ4v) is 6.37. The van der Waals surface area contributed by atoms with Crippen molar-refractivity contribution in [1.82, 2.24) is 15.1 Å². The second-order valence-corrected chi connectivity index (χ2v) is 9.82. The highest BCUT2D eigenvalue weighted by Crippen LogP contribution is 2.45. The first-order chi connectivity index (χ1) is 14.6. The average Bonchev–Trinajstić information content (AvgIpc) is 3.31. The van der Waals surface area contributed by atoms with Gasteiger partial charge in [-0.1, -0.05) is 6.92 Å². The highest BCUT2D eigenvalue weighted by molar-refractivity contribution is 5.99. The SMILES string of the molecule is CC1C(CCN2CCC3(CC2)CCN(c2ccnnc2)C3=O)CCC2C(=O)OCC21. The fraction of sp³-hybridized carbons (Fsp3) is 0.739. The third-order valence-corrected chi connectivity index (χ3v) is 8.53. The number of hydrogen-bond donors (Lipinski definition) is 0. The molecular weight excluding hydrogens is 380 g/mol. The Labute approximate surface area is 178 Å². The molecule has 1 spiro atoms. The smallest absolute Gasteiger partial charge is 0.309 e. The molecule has 5 rings (SSSR count). The summed E-state index contributed by atoms with van der Waals surface area (Å²) in [5.74, 6) is 2.12. The third-order valence-electron chi connectivity index (χ3n) is 8.53. The number of ether oxygens (including phenoxy) is 1. The Morgan fingerprint density at radius 3 is 2.70 bits per heavy atom. The third kappa shape index (κ3) is 3.41. The molecule has 1 aliphatic carbocycles. The van der Waals surface area contributed by atoms with Gasteiger partial charge in [0.1, 0.15) is 0 Å². The highest BCUT2D eigenvalue weighted by atomic mass is 16.5. The van der Waals surface area contributed by atoms with Crippen LogP contribution >= 0.6 is 0 Å². The van der Waals surface area contributed by atoms with E-state index in [1.54, 1.807) is 12.4 Å². The number of esters is 1. The zero-order valence-electron chi connectivity index (χ0n) is 17.8. The van der Waals surface area contributed by atoms with Crippen LogP contribution in [0.2, 0.25) is 0 Å². The predicted octanol–water partition coefficient (Wildman–Crippen LogP) is 2.52. The second-order valence-electron chi connectivity index (χ2n) is 9.82. The van der Waals surface area contributed by atoms with E-state index in [0.717, 1.165) is 64.0 Å². The minimum absolute atomic E-state index is 0.0319. The molecule has 4 fully saturated rings. The molecule has 1 aromatic heterocycles. The molecule has 3 aliphatic heterocycles. The van der Waals surface area contributed by atoms with Crippen molar-refractivity contribution in [2.45, 2.75) is 45.4 Å². The second kappa shape index (κ2) is 7.91. The van der Waals surface area contributed by atoms with Gasteiger partial charge in [0.25, 0.3) is 0 Å². The molecule has 7 heteroatoms. The Bertz CT molecular complexity index is 793. The zero-order chi connectivity index (χ0) is 20.7. The molecule has 0 N–H and O–H groups in total. The molecule has 30 heavy (non-hydrogen) atoms. The van der Waals surface area contributed by atoms with Gasteiger partial charge in [0.15, 0.2) is 0 Å². The lowest BCUT2D eigenvalue weighted by Crippen LogP contribution is -2.45. The first-order valence-corrected chi connectivity index (χ1v) is 11.5. The fourth-order valence-electron chi connectivity index (χ4n) is 6.37. The highest BCUT2D eigenvalue weighted by Gasteiger charge is 2.49. The van der Waals surface area contributed by atoms with Crippen molar-refractivity contribution in [1.29, 1.82) is 0 Å². The van der Waals surface area contributed by atoms with Gasteiger partial charge in [0.05, 0.1) is 36.0 Å². The van der Waals surface area contributed by atoms with Crippen LogP contribution in [0.5, 0.6) is 0 Å². The van der Waals surface area contributed by atoms with E-state index >= 15 is 0 Å². The lowest BCUT2D eigenvalue weighted by Gasteiger charge is -2.40. The minimum atomic E-state index is -0.188. The monoisotopic (exact) mass is 412 g/mol. The number of cyclic esters (lactones) is 1. The molecular formula is C23H32N4O3. The molecule has 7 nitrogen and oxygen atoms in total. The Balaban J connectivity index is 1.13. The van der Waals surface area contributed by atoms with Gasteiger partial charge in [0, 0.05) is 12.5 Å². The van der Waals surface area contributed by atoms with Crippen LogP contribution in [0.4, 0.5) is 5.69 Å². The van der Waals surface area contributed by atoms with Gasteiger partial charge in [-0.2, -0.15) is 10.2 Å². The summed E-state index contributed by atoms with van der Waals surface area (Å²) in [6.07, 6.45) is 9.51. The van der Waals surface area contributed by atoms with Gasteiger partial charge < -0.3 is 14.5 Å². The van der Waals surface area contributed by atoms with Gasteiger partial charge in [-0.05, 0) is 76.1 Å². The maximum atomic E-state index is 13.2. The van der Waals surface area contributed by atoms with Crippen molar-refractivity contribution in [2.24, 2.45) is 29.1 Å². The molecule has 4 heterocycles. The Morgan fingerprint density at radius 2 is 1.93 bits per heavy atom. The van der Waals surface area contributed by atoms with Crippen LogP contribution in [0.1, 0.15) is 45.4 Å². The van der Waals surface area contributed by atoms with E-state index in [0.29, 0.717) is 24.4 Å². The number of fused-ring (bicyclic) bond motifs is 1. The quantitative estimate of drug-likeness (QED) is 0.708. The van der Waals surface area contributed by atoms with Crippen molar-refractivity contribution < 1.29 is 14.3 Å². The number of rotatable bonds is 4. The molecule has 1 saturated carbocycles. The summed E-state index contributed by atoms with van der Waals surface area (Å²) in [6.45, 7) is 6.83. The van der Waals surface area contributed by atoms with Crippen LogP contribution in [0.25, 0.3) is 0 Å². The van der Waals surface area contributed by atoms with Crippen molar-refractivity contribution in [3.05, 3.63) is 18.5 Å². The van der Waals surface area contributed by atoms with Crippen molar-refractivity contribution in [3.63, 3.8) is 0 Å². The van der Waals surface area contributed by atoms with Gasteiger partial charge in [0.2, 0.25) is 5.91 Å². The normalized spacial score (nSPS) is 33.7. The number of likely N-dealkylation sites (tertiary alicyclic amines) is 1. The van der Waals surface area contributed by atoms with E-state index in [2.05, 4.69) is 22.0 Å². The van der Waals surface area contributed by atoms with Crippen LogP contribution in [0, 0.1) is 29.1 Å². The van der Waals surface area contributed by atoms with Crippen molar-refractivity contribution >= 4 is 17.6 Å². The summed E-state index contributed by atoms with van der Waals surface area (Å²) in [7, 11) is 0. The van der Waals surface area contributed by atoms with E-state index in [1.807, 2.05) is 11.0 Å². The number of carbonyl (C=O) groups excluding carboxylic acids is 2. The molecule has 4 atom stereocenters. The number of aromatic nitrogens is 2. The zero-order valence-corrected chi connectivity index (χ0v) is 17.8. The molecule has 1 aromatic rings. The molecule has 162 valence electrons. The van der Waals surface area contributed by atoms with E-state index in [1.165, 1.54) is 6.42 Å². The largest absolute Gasteiger partial charge is 0.465 e. The van der Waals surface area contributed by atoms with Crippen molar-refractivity contribution in [3.8, 4) is 0 Å².